The van der Waals surface area contributed by atoms with E-state index in [1.807, 2.05) is 0 Å². The van der Waals surface area contributed by atoms with Crippen LogP contribution in [0.2, 0.25) is 0 Å². The Hall–Kier alpha value is -0.730. The first-order valence-electron chi connectivity index (χ1n) is 5.80. The zero-order chi connectivity index (χ0) is 10.4. The Morgan fingerprint density at radius 3 is 2.71 bits per heavy atom. The van der Waals surface area contributed by atoms with E-state index >= 15 is 0 Å². The van der Waals surface area contributed by atoms with Crippen LogP contribution in [0.25, 0.3) is 0 Å². The Bertz CT molecular complexity index is 183. The molecule has 0 heterocycles. The molecular formula is C11H23N3. The number of nitrogens with one attached hydrogen (secondary N) is 1. The second kappa shape index (κ2) is 5.89. The molecule has 1 fully saturated rings. The van der Waals surface area contributed by atoms with Crippen LogP contribution in [-0.4, -0.2) is 18.5 Å². The molecule has 0 saturated heterocycles. The second-order valence-electron chi connectivity index (χ2n) is 4.24. The number of hydrogen-bond donors (Lipinski definition) is 2. The van der Waals surface area contributed by atoms with Crippen LogP contribution in [0.15, 0.2) is 4.99 Å². The Morgan fingerprint density at radius 2 is 2.14 bits per heavy atom. The van der Waals surface area contributed by atoms with Crippen LogP contribution in [-0.2, 0) is 0 Å². The largest absolute Gasteiger partial charge is 0.370 e. The number of rotatable bonds is 4. The third-order valence-corrected chi connectivity index (χ3v) is 2.99. The minimum absolute atomic E-state index is 0.484. The molecule has 0 aromatic heterocycles. The molecule has 0 bridgehead atoms. The van der Waals surface area contributed by atoms with Crippen molar-refractivity contribution in [3.05, 3.63) is 0 Å². The molecule has 1 aliphatic carbocycles. The minimum atomic E-state index is 0.484. The molecule has 82 valence electrons. The fourth-order valence-corrected chi connectivity index (χ4v) is 2.09. The summed E-state index contributed by atoms with van der Waals surface area (Å²) >= 11 is 0. The summed E-state index contributed by atoms with van der Waals surface area (Å²) in [7, 11) is 0. The SMILES string of the molecule is CCCN=C(N)NC(C)C1CCCC1. The van der Waals surface area contributed by atoms with Crippen LogP contribution in [0.5, 0.6) is 0 Å². The van der Waals surface area contributed by atoms with Crippen LogP contribution in [0.3, 0.4) is 0 Å². The van der Waals surface area contributed by atoms with Gasteiger partial charge in [0, 0.05) is 12.6 Å². The molecule has 0 aromatic rings. The first-order chi connectivity index (χ1) is 6.74. The van der Waals surface area contributed by atoms with Crippen molar-refractivity contribution in [3.63, 3.8) is 0 Å². The number of guanidine groups is 1. The maximum absolute atomic E-state index is 5.77. The van der Waals surface area contributed by atoms with E-state index in [-0.39, 0.29) is 0 Å². The summed E-state index contributed by atoms with van der Waals surface area (Å²) in [6, 6.07) is 0.484. The first-order valence-corrected chi connectivity index (χ1v) is 5.80. The predicted molar refractivity (Wildman–Crippen MR) is 61.3 cm³/mol. The summed E-state index contributed by atoms with van der Waals surface area (Å²) in [5, 5.41) is 3.28. The molecular weight excluding hydrogens is 174 g/mol. The third-order valence-electron chi connectivity index (χ3n) is 2.99. The fourth-order valence-electron chi connectivity index (χ4n) is 2.09. The van der Waals surface area contributed by atoms with Gasteiger partial charge in [0.05, 0.1) is 0 Å². The molecule has 1 aliphatic rings. The van der Waals surface area contributed by atoms with Crippen LogP contribution in [0, 0.1) is 5.92 Å². The van der Waals surface area contributed by atoms with Crippen LogP contribution < -0.4 is 11.1 Å². The Morgan fingerprint density at radius 1 is 1.50 bits per heavy atom. The number of aliphatic imine (C=N–C) groups is 1. The maximum atomic E-state index is 5.77. The Labute approximate surface area is 87.2 Å². The van der Waals surface area contributed by atoms with Crippen molar-refractivity contribution < 1.29 is 0 Å². The van der Waals surface area contributed by atoms with Gasteiger partial charge in [-0.1, -0.05) is 19.8 Å². The van der Waals surface area contributed by atoms with Crippen LogP contribution in [0.1, 0.15) is 46.0 Å². The Balaban J connectivity index is 2.27. The molecule has 3 nitrogen and oxygen atoms in total. The summed E-state index contributed by atoms with van der Waals surface area (Å²) < 4.78 is 0. The zero-order valence-corrected chi connectivity index (χ0v) is 9.42. The summed E-state index contributed by atoms with van der Waals surface area (Å²) in [4.78, 5) is 4.24. The van der Waals surface area contributed by atoms with Gasteiger partial charge >= 0.3 is 0 Å². The summed E-state index contributed by atoms with van der Waals surface area (Å²) in [5.74, 6) is 1.41. The van der Waals surface area contributed by atoms with Crippen molar-refractivity contribution in [2.45, 2.75) is 52.0 Å². The average Bonchev–Trinajstić information content (AvgIpc) is 2.67. The lowest BCUT2D eigenvalue weighted by Gasteiger charge is -2.20. The summed E-state index contributed by atoms with van der Waals surface area (Å²) in [6.45, 7) is 5.15. The molecule has 1 rings (SSSR count). The highest BCUT2D eigenvalue weighted by atomic mass is 15.1. The molecule has 14 heavy (non-hydrogen) atoms. The molecule has 1 unspecified atom stereocenters. The van der Waals surface area contributed by atoms with Gasteiger partial charge in [0.15, 0.2) is 5.96 Å². The summed E-state index contributed by atoms with van der Waals surface area (Å²) in [5.41, 5.74) is 5.77. The van der Waals surface area contributed by atoms with Gasteiger partial charge in [-0.15, -0.1) is 0 Å². The van der Waals surface area contributed by atoms with Crippen molar-refractivity contribution in [2.24, 2.45) is 16.6 Å². The van der Waals surface area contributed by atoms with E-state index in [1.165, 1.54) is 25.7 Å². The molecule has 0 spiro atoms. The first kappa shape index (κ1) is 11.3. The monoisotopic (exact) mass is 197 g/mol. The third kappa shape index (κ3) is 3.56. The van der Waals surface area contributed by atoms with Crippen molar-refractivity contribution >= 4 is 5.96 Å². The smallest absolute Gasteiger partial charge is 0.188 e. The molecule has 0 amide bonds. The molecule has 1 saturated carbocycles. The standard InChI is InChI=1S/C11H23N3/c1-3-8-13-11(12)14-9(2)10-6-4-5-7-10/h9-10H,3-8H2,1-2H3,(H3,12,13,14). The highest BCUT2D eigenvalue weighted by molar-refractivity contribution is 5.78. The number of nitrogens with zero attached hydrogens (tertiary/aromatic N) is 1. The van der Waals surface area contributed by atoms with E-state index in [9.17, 15) is 0 Å². The fraction of sp³-hybridized carbons (Fsp3) is 0.909. The van der Waals surface area contributed by atoms with Gasteiger partial charge in [0.25, 0.3) is 0 Å². The van der Waals surface area contributed by atoms with Crippen molar-refractivity contribution in [1.82, 2.24) is 5.32 Å². The van der Waals surface area contributed by atoms with Crippen LogP contribution in [0.4, 0.5) is 0 Å². The van der Waals surface area contributed by atoms with Gasteiger partial charge < -0.3 is 11.1 Å². The molecule has 0 aromatic carbocycles. The van der Waals surface area contributed by atoms with Gasteiger partial charge in [-0.05, 0) is 32.1 Å². The van der Waals surface area contributed by atoms with Gasteiger partial charge in [-0.25, -0.2) is 0 Å². The van der Waals surface area contributed by atoms with Crippen LogP contribution >= 0.6 is 0 Å². The van der Waals surface area contributed by atoms with Gasteiger partial charge in [0.1, 0.15) is 0 Å². The van der Waals surface area contributed by atoms with E-state index < -0.39 is 0 Å². The van der Waals surface area contributed by atoms with Gasteiger partial charge in [-0.3, -0.25) is 4.99 Å². The molecule has 0 radical (unpaired) electrons. The highest BCUT2D eigenvalue weighted by Crippen LogP contribution is 2.27. The number of nitrogens with two attached hydrogens (primary N) is 1. The zero-order valence-electron chi connectivity index (χ0n) is 9.42. The quantitative estimate of drug-likeness (QED) is 0.534. The van der Waals surface area contributed by atoms with E-state index in [1.54, 1.807) is 0 Å². The number of hydrogen-bond acceptors (Lipinski definition) is 1. The van der Waals surface area contributed by atoms with Crippen molar-refractivity contribution in [3.8, 4) is 0 Å². The normalized spacial score (nSPS) is 21.1. The van der Waals surface area contributed by atoms with E-state index in [0.29, 0.717) is 12.0 Å². The average molecular weight is 197 g/mol. The lowest BCUT2D eigenvalue weighted by atomic mass is 10.0. The van der Waals surface area contributed by atoms with E-state index in [2.05, 4.69) is 24.2 Å². The molecule has 3 heteroatoms. The summed E-state index contributed by atoms with van der Waals surface area (Å²) in [6.07, 6.45) is 6.50. The van der Waals surface area contributed by atoms with Gasteiger partial charge in [0.2, 0.25) is 0 Å². The maximum Gasteiger partial charge on any atom is 0.188 e. The van der Waals surface area contributed by atoms with E-state index in [4.69, 9.17) is 5.73 Å². The molecule has 3 N–H and O–H groups in total. The lowest BCUT2D eigenvalue weighted by molar-refractivity contribution is 0.425. The topological polar surface area (TPSA) is 50.4 Å². The molecule has 1 atom stereocenters. The van der Waals surface area contributed by atoms with Gasteiger partial charge in [-0.2, -0.15) is 0 Å². The lowest BCUT2D eigenvalue weighted by Crippen LogP contribution is -2.41. The van der Waals surface area contributed by atoms with Crippen molar-refractivity contribution in [1.29, 1.82) is 0 Å². The second-order valence-corrected chi connectivity index (χ2v) is 4.24. The highest BCUT2D eigenvalue weighted by Gasteiger charge is 2.21. The van der Waals surface area contributed by atoms with E-state index in [0.717, 1.165) is 18.9 Å². The molecule has 0 aliphatic heterocycles. The predicted octanol–water partition coefficient (Wildman–Crippen LogP) is 1.88. The Kier molecular flexibility index (Phi) is 4.77. The minimum Gasteiger partial charge on any atom is -0.370 e. The van der Waals surface area contributed by atoms with Crippen molar-refractivity contribution in [2.75, 3.05) is 6.54 Å².